The van der Waals surface area contributed by atoms with Gasteiger partial charge in [-0.3, -0.25) is 4.79 Å². The third-order valence-corrected chi connectivity index (χ3v) is 4.17. The Bertz CT molecular complexity index is 631. The fraction of sp³-hybridized carbons (Fsp3) is 0.312. The van der Waals surface area contributed by atoms with Gasteiger partial charge in [-0.2, -0.15) is 0 Å². The average molecular weight is 334 g/mol. The van der Waals surface area contributed by atoms with Crippen molar-refractivity contribution in [2.45, 2.75) is 32.4 Å². The van der Waals surface area contributed by atoms with Gasteiger partial charge >= 0.3 is 0 Å². The van der Waals surface area contributed by atoms with Crippen molar-refractivity contribution in [1.82, 2.24) is 4.90 Å². The molecule has 1 amide bonds. The molecular formula is C16H16BrNO2. The summed E-state index contributed by atoms with van der Waals surface area (Å²) in [6.45, 7) is 2.46. The minimum Gasteiger partial charge on any atom is -0.464 e. The zero-order valence-corrected chi connectivity index (χ0v) is 12.9. The summed E-state index contributed by atoms with van der Waals surface area (Å²) in [4.78, 5) is 14.6. The van der Waals surface area contributed by atoms with Gasteiger partial charge in [0.1, 0.15) is 11.5 Å². The maximum atomic E-state index is 12.7. The molecule has 0 aliphatic heterocycles. The monoisotopic (exact) mass is 333 g/mol. The number of furan rings is 1. The van der Waals surface area contributed by atoms with Gasteiger partial charge in [0.15, 0.2) is 0 Å². The van der Waals surface area contributed by atoms with E-state index in [2.05, 4.69) is 15.9 Å². The molecule has 104 valence electrons. The van der Waals surface area contributed by atoms with Crippen LogP contribution in [-0.4, -0.2) is 16.8 Å². The fourth-order valence-electron chi connectivity index (χ4n) is 2.28. The average Bonchev–Trinajstić information content (AvgIpc) is 3.19. The molecule has 0 atom stereocenters. The molecule has 0 N–H and O–H groups in total. The first-order chi connectivity index (χ1) is 9.65. The van der Waals surface area contributed by atoms with E-state index in [9.17, 15) is 4.79 Å². The molecule has 1 saturated carbocycles. The number of rotatable bonds is 4. The molecule has 1 aromatic heterocycles. The van der Waals surface area contributed by atoms with Crippen LogP contribution in [0, 0.1) is 6.92 Å². The lowest BCUT2D eigenvalue weighted by Gasteiger charge is -2.22. The highest BCUT2D eigenvalue weighted by Crippen LogP contribution is 2.31. The number of aryl methyl sites for hydroxylation is 1. The fourth-order valence-corrected chi connectivity index (χ4v) is 2.73. The maximum absolute atomic E-state index is 12.7. The molecule has 3 rings (SSSR count). The van der Waals surface area contributed by atoms with E-state index in [0.717, 1.165) is 28.8 Å². The highest BCUT2D eigenvalue weighted by atomic mass is 79.9. The molecular weight excluding hydrogens is 318 g/mol. The molecule has 0 unspecified atom stereocenters. The summed E-state index contributed by atoms with van der Waals surface area (Å²) in [5.41, 5.74) is 0.711. The molecule has 20 heavy (non-hydrogen) atoms. The summed E-state index contributed by atoms with van der Waals surface area (Å²) in [7, 11) is 0. The van der Waals surface area contributed by atoms with Crippen LogP contribution in [0.15, 0.2) is 45.3 Å². The van der Waals surface area contributed by atoms with Crippen LogP contribution in [0.4, 0.5) is 0 Å². The van der Waals surface area contributed by atoms with Crippen LogP contribution in [0.2, 0.25) is 0 Å². The largest absolute Gasteiger partial charge is 0.464 e. The summed E-state index contributed by atoms with van der Waals surface area (Å²) < 4.78 is 6.44. The Kier molecular flexibility index (Phi) is 3.66. The highest BCUT2D eigenvalue weighted by Gasteiger charge is 2.34. The van der Waals surface area contributed by atoms with Crippen LogP contribution in [0.1, 0.15) is 34.7 Å². The molecule has 1 fully saturated rings. The van der Waals surface area contributed by atoms with Gasteiger partial charge in [0, 0.05) is 10.5 Å². The van der Waals surface area contributed by atoms with Crippen LogP contribution >= 0.6 is 15.9 Å². The summed E-state index contributed by atoms with van der Waals surface area (Å²) >= 11 is 3.45. The zero-order chi connectivity index (χ0) is 14.1. The van der Waals surface area contributed by atoms with Crippen LogP contribution in [0.5, 0.6) is 0 Å². The summed E-state index contributed by atoms with van der Waals surface area (Å²) in [5.74, 6) is 1.79. The molecule has 0 spiro atoms. The van der Waals surface area contributed by atoms with Gasteiger partial charge in [-0.15, -0.1) is 0 Å². The first kappa shape index (κ1) is 13.4. The van der Waals surface area contributed by atoms with Crippen LogP contribution in [-0.2, 0) is 6.54 Å². The second-order valence-corrected chi connectivity index (χ2v) is 6.01. The quantitative estimate of drug-likeness (QED) is 0.841. The summed E-state index contributed by atoms with van der Waals surface area (Å²) in [6, 6.07) is 11.8. The van der Waals surface area contributed by atoms with Gasteiger partial charge in [-0.05, 0) is 60.0 Å². The maximum Gasteiger partial charge on any atom is 0.255 e. The van der Waals surface area contributed by atoms with Gasteiger partial charge in [-0.1, -0.05) is 12.1 Å². The van der Waals surface area contributed by atoms with Gasteiger partial charge in [-0.25, -0.2) is 0 Å². The van der Waals surface area contributed by atoms with Crippen molar-refractivity contribution >= 4 is 21.8 Å². The van der Waals surface area contributed by atoms with Crippen molar-refractivity contribution in [3.8, 4) is 0 Å². The van der Waals surface area contributed by atoms with E-state index in [1.54, 1.807) is 0 Å². The van der Waals surface area contributed by atoms with Crippen molar-refractivity contribution in [3.63, 3.8) is 0 Å². The second kappa shape index (κ2) is 5.44. The van der Waals surface area contributed by atoms with E-state index in [1.807, 2.05) is 48.2 Å². The Balaban J connectivity index is 1.84. The molecule has 4 heteroatoms. The van der Waals surface area contributed by atoms with Crippen LogP contribution < -0.4 is 0 Å². The third kappa shape index (κ3) is 2.80. The second-order valence-electron chi connectivity index (χ2n) is 5.16. The molecule has 1 heterocycles. The Labute approximate surface area is 126 Å². The molecule has 1 aliphatic carbocycles. The molecule has 3 nitrogen and oxygen atoms in total. The first-order valence-corrected chi connectivity index (χ1v) is 7.55. The van der Waals surface area contributed by atoms with E-state index in [-0.39, 0.29) is 5.91 Å². The predicted molar refractivity (Wildman–Crippen MR) is 80.5 cm³/mol. The van der Waals surface area contributed by atoms with Crippen molar-refractivity contribution in [1.29, 1.82) is 0 Å². The van der Waals surface area contributed by atoms with E-state index >= 15 is 0 Å². The molecule has 1 aromatic carbocycles. The Morgan fingerprint density at radius 2 is 2.05 bits per heavy atom. The number of halogens is 1. The first-order valence-electron chi connectivity index (χ1n) is 6.76. The lowest BCUT2D eigenvalue weighted by atomic mass is 10.2. The van der Waals surface area contributed by atoms with E-state index < -0.39 is 0 Å². The minimum atomic E-state index is 0.0639. The number of amides is 1. The number of carbonyl (C=O) groups excluding carboxylic acids is 1. The lowest BCUT2D eigenvalue weighted by molar-refractivity contribution is 0.0716. The molecule has 2 aromatic rings. The topological polar surface area (TPSA) is 33.5 Å². The van der Waals surface area contributed by atoms with Gasteiger partial charge in [0.05, 0.1) is 12.1 Å². The highest BCUT2D eigenvalue weighted by molar-refractivity contribution is 9.10. The normalized spacial score (nSPS) is 14.3. The number of benzene rings is 1. The Morgan fingerprint density at radius 1 is 1.30 bits per heavy atom. The van der Waals surface area contributed by atoms with Crippen LogP contribution in [0.25, 0.3) is 0 Å². The van der Waals surface area contributed by atoms with Crippen molar-refractivity contribution in [2.24, 2.45) is 0 Å². The molecule has 0 saturated heterocycles. The van der Waals surface area contributed by atoms with Crippen LogP contribution in [0.3, 0.4) is 0 Å². The van der Waals surface area contributed by atoms with Gasteiger partial charge in [0.25, 0.3) is 5.91 Å². The SMILES string of the molecule is Cc1ccc(CN(C(=O)c2ccccc2Br)C2CC2)o1. The summed E-state index contributed by atoms with van der Waals surface area (Å²) in [6.07, 6.45) is 2.16. The smallest absolute Gasteiger partial charge is 0.255 e. The van der Waals surface area contributed by atoms with E-state index in [4.69, 9.17) is 4.42 Å². The third-order valence-electron chi connectivity index (χ3n) is 3.47. The predicted octanol–water partition coefficient (Wildman–Crippen LogP) is 4.16. The molecule has 0 radical (unpaired) electrons. The summed E-state index contributed by atoms with van der Waals surface area (Å²) in [5, 5.41) is 0. The van der Waals surface area contributed by atoms with Crippen molar-refractivity contribution in [3.05, 3.63) is 58.0 Å². The van der Waals surface area contributed by atoms with Crippen molar-refractivity contribution in [2.75, 3.05) is 0 Å². The molecule has 1 aliphatic rings. The number of nitrogens with zero attached hydrogens (tertiary/aromatic N) is 1. The van der Waals surface area contributed by atoms with Crippen molar-refractivity contribution < 1.29 is 9.21 Å². The van der Waals surface area contributed by atoms with E-state index in [1.165, 1.54) is 0 Å². The minimum absolute atomic E-state index is 0.0639. The Morgan fingerprint density at radius 3 is 2.65 bits per heavy atom. The molecule has 0 bridgehead atoms. The number of carbonyl (C=O) groups is 1. The zero-order valence-electron chi connectivity index (χ0n) is 11.3. The standard InChI is InChI=1S/C16H16BrNO2/c1-11-6-9-13(20-11)10-18(12-7-8-12)16(19)14-4-2-3-5-15(14)17/h2-6,9,12H,7-8,10H2,1H3. The van der Waals surface area contributed by atoms with Gasteiger partial charge in [0.2, 0.25) is 0 Å². The Hall–Kier alpha value is -1.55. The number of hydrogen-bond donors (Lipinski definition) is 0. The number of hydrogen-bond acceptors (Lipinski definition) is 2. The van der Waals surface area contributed by atoms with Gasteiger partial charge < -0.3 is 9.32 Å². The lowest BCUT2D eigenvalue weighted by Crippen LogP contribution is -2.32. The van der Waals surface area contributed by atoms with E-state index in [0.29, 0.717) is 18.2 Å².